The number of hydrogen-bond acceptors (Lipinski definition) is 3. The van der Waals surface area contributed by atoms with E-state index in [1.165, 1.54) is 24.3 Å². The van der Waals surface area contributed by atoms with Crippen molar-refractivity contribution in [2.24, 2.45) is 0 Å². The second-order valence-corrected chi connectivity index (χ2v) is 6.09. The molecule has 7 heteroatoms. The van der Waals surface area contributed by atoms with Crippen LogP contribution < -0.4 is 16.0 Å². The third kappa shape index (κ3) is 5.49. The first kappa shape index (κ1) is 18.2. The number of carbonyl (C=O) groups is 2. The smallest absolute Gasteiger partial charge is 0.317 e. The number of nitrogens with zero attached hydrogens (tertiary/aromatic N) is 1. The number of amides is 3. The van der Waals surface area contributed by atoms with Crippen LogP contribution in [0.3, 0.4) is 0 Å². The number of urea groups is 1. The summed E-state index contributed by atoms with van der Waals surface area (Å²) in [5.41, 5.74) is 0.580. The van der Waals surface area contributed by atoms with Crippen LogP contribution in [0.2, 0.25) is 0 Å². The van der Waals surface area contributed by atoms with Crippen LogP contribution in [0.15, 0.2) is 24.3 Å². The lowest BCUT2D eigenvalue weighted by molar-refractivity contribution is -0.116. The van der Waals surface area contributed by atoms with Gasteiger partial charge in [0, 0.05) is 43.8 Å². The Balaban J connectivity index is 1.73. The first-order valence-electron chi connectivity index (χ1n) is 8.32. The van der Waals surface area contributed by atoms with Crippen LogP contribution in [0.4, 0.5) is 14.9 Å². The second kappa shape index (κ2) is 8.63. The molecule has 0 saturated carbocycles. The Hall–Kier alpha value is -2.15. The molecule has 0 radical (unpaired) electrons. The topological polar surface area (TPSA) is 73.5 Å². The number of hydrogen-bond donors (Lipinski definition) is 3. The van der Waals surface area contributed by atoms with E-state index in [4.69, 9.17) is 0 Å². The minimum atomic E-state index is -0.332. The fourth-order valence-electron chi connectivity index (χ4n) is 2.83. The van der Waals surface area contributed by atoms with Crippen LogP contribution in [0.5, 0.6) is 0 Å². The molecule has 1 aliphatic heterocycles. The van der Waals surface area contributed by atoms with Crippen molar-refractivity contribution in [2.75, 3.05) is 25.0 Å². The third-order valence-electron chi connectivity index (χ3n) is 3.94. The molecule has 1 aromatic carbocycles. The molecule has 2 atom stereocenters. The predicted molar refractivity (Wildman–Crippen MR) is 91.3 cm³/mol. The highest BCUT2D eigenvalue weighted by molar-refractivity contribution is 5.91. The van der Waals surface area contributed by atoms with Crippen molar-refractivity contribution in [1.29, 1.82) is 0 Å². The Morgan fingerprint density at radius 2 is 2.04 bits per heavy atom. The van der Waals surface area contributed by atoms with Crippen LogP contribution in [0.1, 0.15) is 26.7 Å². The van der Waals surface area contributed by atoms with Gasteiger partial charge in [0.25, 0.3) is 0 Å². The van der Waals surface area contributed by atoms with Gasteiger partial charge in [0.1, 0.15) is 5.82 Å². The summed E-state index contributed by atoms with van der Waals surface area (Å²) in [5, 5.41) is 8.93. The maximum atomic E-state index is 12.8. The quantitative estimate of drug-likeness (QED) is 0.743. The van der Waals surface area contributed by atoms with Gasteiger partial charge in [-0.15, -0.1) is 0 Å². The highest BCUT2D eigenvalue weighted by atomic mass is 19.1. The van der Waals surface area contributed by atoms with Crippen molar-refractivity contribution >= 4 is 17.6 Å². The number of nitrogens with one attached hydrogen (secondary N) is 3. The summed E-state index contributed by atoms with van der Waals surface area (Å²) >= 11 is 0. The molecule has 1 aliphatic rings. The maximum Gasteiger partial charge on any atom is 0.317 e. The fraction of sp³-hybridized carbons (Fsp3) is 0.529. The van der Waals surface area contributed by atoms with Gasteiger partial charge >= 0.3 is 6.03 Å². The number of halogens is 1. The molecule has 0 aliphatic carbocycles. The molecule has 0 spiro atoms. The monoisotopic (exact) mass is 336 g/mol. The predicted octanol–water partition coefficient (Wildman–Crippen LogP) is 1.94. The molecular weight excluding hydrogens is 311 g/mol. The van der Waals surface area contributed by atoms with Gasteiger partial charge in [0.2, 0.25) is 5.91 Å². The molecule has 1 fully saturated rings. The van der Waals surface area contributed by atoms with E-state index in [-0.39, 0.29) is 29.8 Å². The Morgan fingerprint density at radius 1 is 1.33 bits per heavy atom. The summed E-state index contributed by atoms with van der Waals surface area (Å²) in [5.74, 6) is -0.457. The van der Waals surface area contributed by atoms with Gasteiger partial charge in [-0.1, -0.05) is 0 Å². The zero-order valence-electron chi connectivity index (χ0n) is 14.1. The fourth-order valence-corrected chi connectivity index (χ4v) is 2.83. The molecule has 1 heterocycles. The summed E-state index contributed by atoms with van der Waals surface area (Å²) in [6.07, 6.45) is 1.19. The van der Waals surface area contributed by atoms with Crippen LogP contribution in [-0.2, 0) is 4.79 Å². The molecule has 0 aromatic heterocycles. The molecule has 24 heavy (non-hydrogen) atoms. The van der Waals surface area contributed by atoms with Gasteiger partial charge in [0.05, 0.1) is 0 Å². The van der Waals surface area contributed by atoms with Gasteiger partial charge in [-0.05, 0) is 44.5 Å². The summed E-state index contributed by atoms with van der Waals surface area (Å²) in [7, 11) is 0. The van der Waals surface area contributed by atoms with Gasteiger partial charge in [0.15, 0.2) is 0 Å². The minimum absolute atomic E-state index is 0.00960. The summed E-state index contributed by atoms with van der Waals surface area (Å²) in [4.78, 5) is 25.6. The number of carbonyl (C=O) groups excluding carboxylic acids is 2. The van der Waals surface area contributed by atoms with E-state index in [1.807, 2.05) is 13.8 Å². The Morgan fingerprint density at radius 3 is 2.71 bits per heavy atom. The molecule has 3 amide bonds. The average molecular weight is 336 g/mol. The minimum Gasteiger partial charge on any atom is -0.338 e. The highest BCUT2D eigenvalue weighted by Crippen LogP contribution is 2.12. The van der Waals surface area contributed by atoms with Gasteiger partial charge in [-0.3, -0.25) is 4.79 Å². The lowest BCUT2D eigenvalue weighted by atomic mass is 10.1. The van der Waals surface area contributed by atoms with Crippen molar-refractivity contribution in [2.45, 2.75) is 38.8 Å². The molecule has 1 saturated heterocycles. The third-order valence-corrected chi connectivity index (χ3v) is 3.94. The highest BCUT2D eigenvalue weighted by Gasteiger charge is 2.27. The van der Waals surface area contributed by atoms with E-state index in [0.717, 1.165) is 13.0 Å². The van der Waals surface area contributed by atoms with E-state index in [1.54, 1.807) is 4.90 Å². The molecule has 3 N–H and O–H groups in total. The van der Waals surface area contributed by atoms with Crippen molar-refractivity contribution in [1.82, 2.24) is 15.5 Å². The second-order valence-electron chi connectivity index (χ2n) is 6.09. The van der Waals surface area contributed by atoms with E-state index in [2.05, 4.69) is 16.0 Å². The van der Waals surface area contributed by atoms with E-state index in [0.29, 0.717) is 25.2 Å². The number of benzene rings is 1. The zero-order chi connectivity index (χ0) is 17.5. The molecule has 6 nitrogen and oxygen atoms in total. The van der Waals surface area contributed by atoms with Crippen molar-refractivity contribution in [3.05, 3.63) is 30.1 Å². The molecule has 0 bridgehead atoms. The molecule has 2 rings (SSSR count). The Bertz CT molecular complexity index is 564. The number of likely N-dealkylation sites (tertiary alicyclic amines) is 1. The van der Waals surface area contributed by atoms with Gasteiger partial charge in [-0.25, -0.2) is 9.18 Å². The number of anilines is 1. The largest absolute Gasteiger partial charge is 0.338 e. The first-order valence-corrected chi connectivity index (χ1v) is 8.32. The normalized spacial score (nSPS) is 18.3. The zero-order valence-corrected chi connectivity index (χ0v) is 14.1. The molecule has 0 unspecified atom stereocenters. The van der Waals surface area contributed by atoms with E-state index < -0.39 is 0 Å². The summed E-state index contributed by atoms with van der Waals surface area (Å²) in [6.45, 7) is 5.83. The lowest BCUT2D eigenvalue weighted by Gasteiger charge is -2.20. The summed E-state index contributed by atoms with van der Waals surface area (Å²) in [6, 6.07) is 5.84. The molecule has 1 aromatic rings. The van der Waals surface area contributed by atoms with Gasteiger partial charge in [-0.2, -0.15) is 0 Å². The van der Waals surface area contributed by atoms with Crippen LogP contribution >= 0.6 is 0 Å². The van der Waals surface area contributed by atoms with Crippen LogP contribution in [0.25, 0.3) is 0 Å². The Kier molecular flexibility index (Phi) is 6.54. The van der Waals surface area contributed by atoms with E-state index in [9.17, 15) is 14.0 Å². The molecular formula is C17H25FN4O2. The first-order chi connectivity index (χ1) is 11.5. The van der Waals surface area contributed by atoms with Crippen LogP contribution in [0, 0.1) is 5.82 Å². The van der Waals surface area contributed by atoms with Gasteiger partial charge < -0.3 is 20.9 Å². The number of rotatable bonds is 6. The van der Waals surface area contributed by atoms with Crippen molar-refractivity contribution in [3.8, 4) is 0 Å². The average Bonchev–Trinajstić information content (AvgIpc) is 2.98. The SMILES string of the molecule is CCNC(=O)N1CC[C@@H](N[C@@H](C)CC(=O)Nc2ccc(F)cc2)C1. The van der Waals surface area contributed by atoms with Crippen molar-refractivity contribution < 1.29 is 14.0 Å². The van der Waals surface area contributed by atoms with E-state index >= 15 is 0 Å². The Labute approximate surface area is 141 Å². The molecule has 132 valence electrons. The van der Waals surface area contributed by atoms with Crippen LogP contribution in [-0.4, -0.2) is 48.6 Å². The lowest BCUT2D eigenvalue weighted by Crippen LogP contribution is -2.43. The van der Waals surface area contributed by atoms with Crippen molar-refractivity contribution in [3.63, 3.8) is 0 Å². The standard InChI is InChI=1S/C17H25FN4O2/c1-3-19-17(24)22-9-8-15(11-22)20-12(2)10-16(23)21-14-6-4-13(18)5-7-14/h4-7,12,15,20H,3,8-11H2,1-2H3,(H,19,24)(H,21,23)/t12-,15+/m0/s1. The maximum absolute atomic E-state index is 12.8. The summed E-state index contributed by atoms with van der Waals surface area (Å²) < 4.78 is 12.8.